The van der Waals surface area contributed by atoms with Crippen LogP contribution in [0.2, 0.25) is 0 Å². The lowest BCUT2D eigenvalue weighted by Crippen LogP contribution is -2.57. The van der Waals surface area contributed by atoms with Crippen LogP contribution in [0.1, 0.15) is 46.5 Å². The number of hydrogen-bond acceptors (Lipinski definition) is 4. The second-order valence-corrected chi connectivity index (χ2v) is 10.4. The zero-order valence-electron chi connectivity index (χ0n) is 16.1. The van der Waals surface area contributed by atoms with E-state index < -0.39 is 14.6 Å². The van der Waals surface area contributed by atoms with Crippen molar-refractivity contribution in [2.75, 3.05) is 45.5 Å². The van der Waals surface area contributed by atoms with Gasteiger partial charge >= 0.3 is 0 Å². The number of likely N-dealkylation sites (N-methyl/N-ethyl adjacent to an activating group) is 1. The molecule has 0 amide bonds. The van der Waals surface area contributed by atoms with Crippen molar-refractivity contribution in [2.24, 2.45) is 4.99 Å². The Bertz CT molecular complexity index is 545. The van der Waals surface area contributed by atoms with Gasteiger partial charge in [0.25, 0.3) is 0 Å². The number of sulfone groups is 1. The van der Waals surface area contributed by atoms with Crippen LogP contribution in [0.4, 0.5) is 0 Å². The van der Waals surface area contributed by atoms with Gasteiger partial charge in [-0.15, -0.1) is 24.0 Å². The van der Waals surface area contributed by atoms with Crippen molar-refractivity contribution in [1.29, 1.82) is 0 Å². The highest BCUT2D eigenvalue weighted by atomic mass is 127. The molecule has 0 aromatic rings. The van der Waals surface area contributed by atoms with E-state index in [0.717, 1.165) is 25.6 Å². The number of hydrogen-bond donors (Lipinski definition) is 1. The maximum atomic E-state index is 12.2. The van der Waals surface area contributed by atoms with Crippen LogP contribution in [0.3, 0.4) is 0 Å². The second kappa shape index (κ2) is 9.73. The molecule has 2 fully saturated rings. The van der Waals surface area contributed by atoms with Crippen LogP contribution < -0.4 is 5.32 Å². The van der Waals surface area contributed by atoms with Crippen LogP contribution >= 0.6 is 24.0 Å². The van der Waals surface area contributed by atoms with Crippen LogP contribution in [-0.4, -0.2) is 80.5 Å². The average Bonchev–Trinajstić information content (AvgIpc) is 3.03. The summed E-state index contributed by atoms with van der Waals surface area (Å²) in [5, 5.41) is 3.32. The lowest BCUT2D eigenvalue weighted by atomic mass is 10.2. The molecule has 1 saturated carbocycles. The van der Waals surface area contributed by atoms with E-state index in [2.05, 4.69) is 22.2 Å². The number of guanidine groups is 1. The van der Waals surface area contributed by atoms with Gasteiger partial charge in [0.05, 0.1) is 17.0 Å². The first-order chi connectivity index (χ1) is 11.3. The lowest BCUT2D eigenvalue weighted by Gasteiger charge is -2.39. The molecule has 6 nitrogen and oxygen atoms in total. The van der Waals surface area contributed by atoms with Crippen molar-refractivity contribution in [3.63, 3.8) is 0 Å². The van der Waals surface area contributed by atoms with Crippen LogP contribution in [0.15, 0.2) is 4.99 Å². The van der Waals surface area contributed by atoms with Gasteiger partial charge in [-0.1, -0.05) is 12.8 Å². The van der Waals surface area contributed by atoms with Gasteiger partial charge in [0.2, 0.25) is 0 Å². The third-order valence-corrected chi connectivity index (χ3v) is 7.87. The Balaban J connectivity index is 0.00000312. The Hall–Kier alpha value is -0.0900. The maximum Gasteiger partial charge on any atom is 0.194 e. The molecular weight excluding hydrogens is 451 g/mol. The van der Waals surface area contributed by atoms with E-state index in [1.807, 2.05) is 20.8 Å². The predicted molar refractivity (Wildman–Crippen MR) is 116 cm³/mol. The highest BCUT2D eigenvalue weighted by molar-refractivity contribution is 14.0. The topological polar surface area (TPSA) is 65.0 Å². The molecule has 25 heavy (non-hydrogen) atoms. The first kappa shape index (κ1) is 23.0. The molecule has 0 bridgehead atoms. The highest BCUT2D eigenvalue weighted by Crippen LogP contribution is 2.24. The quantitative estimate of drug-likeness (QED) is 0.366. The minimum absolute atomic E-state index is 0. The van der Waals surface area contributed by atoms with E-state index in [-0.39, 0.29) is 29.7 Å². The Morgan fingerprint density at radius 1 is 1.32 bits per heavy atom. The van der Waals surface area contributed by atoms with Gasteiger partial charge in [-0.25, -0.2) is 8.42 Å². The van der Waals surface area contributed by atoms with E-state index in [1.54, 1.807) is 0 Å². The monoisotopic (exact) mass is 486 g/mol. The van der Waals surface area contributed by atoms with Crippen molar-refractivity contribution in [2.45, 2.75) is 57.2 Å². The Morgan fingerprint density at radius 3 is 2.52 bits per heavy atom. The first-order valence-electron chi connectivity index (χ1n) is 9.22. The summed E-state index contributed by atoms with van der Waals surface area (Å²) in [5.41, 5.74) is 0. The Labute approximate surface area is 170 Å². The van der Waals surface area contributed by atoms with E-state index in [1.165, 1.54) is 25.7 Å². The molecule has 2 rings (SSSR count). The molecule has 1 N–H and O–H groups in total. The van der Waals surface area contributed by atoms with Gasteiger partial charge < -0.3 is 15.1 Å². The smallest absolute Gasteiger partial charge is 0.194 e. The molecule has 0 aromatic heterocycles. The largest absolute Gasteiger partial charge is 0.357 e. The number of aliphatic imine (C=N–C) groups is 1. The molecule has 1 saturated heterocycles. The van der Waals surface area contributed by atoms with Gasteiger partial charge in [0.1, 0.15) is 0 Å². The standard InChI is InChI=1S/C17H34N4O2S.HI/c1-5-18-16(19-10-11-20(4)15-8-6-7-9-15)21-12-13-24(22,23)17(2,3)14-21;/h15H,5-14H2,1-4H3,(H,18,19);1H. The fourth-order valence-corrected chi connectivity index (χ4v) is 4.96. The fraction of sp³-hybridized carbons (Fsp3) is 0.941. The lowest BCUT2D eigenvalue weighted by molar-refractivity contribution is 0.252. The molecular formula is C17H35IN4O2S. The molecule has 2 aliphatic rings. The zero-order chi connectivity index (χ0) is 17.8. The van der Waals surface area contributed by atoms with E-state index in [0.29, 0.717) is 19.1 Å². The van der Waals surface area contributed by atoms with Gasteiger partial charge in [-0.3, -0.25) is 4.99 Å². The molecule has 1 aliphatic carbocycles. The van der Waals surface area contributed by atoms with E-state index in [9.17, 15) is 8.42 Å². The molecule has 8 heteroatoms. The summed E-state index contributed by atoms with van der Waals surface area (Å²) in [6.45, 7) is 9.19. The van der Waals surface area contributed by atoms with Gasteiger partial charge in [-0.05, 0) is 40.7 Å². The van der Waals surface area contributed by atoms with Gasteiger partial charge in [0.15, 0.2) is 15.8 Å². The van der Waals surface area contributed by atoms with Crippen LogP contribution in [0.25, 0.3) is 0 Å². The fourth-order valence-electron chi connectivity index (χ4n) is 3.59. The molecule has 0 radical (unpaired) electrons. The van der Waals surface area contributed by atoms with Crippen molar-refractivity contribution in [3.8, 4) is 0 Å². The van der Waals surface area contributed by atoms with Crippen molar-refractivity contribution >= 4 is 39.8 Å². The highest BCUT2D eigenvalue weighted by Gasteiger charge is 2.40. The average molecular weight is 486 g/mol. The predicted octanol–water partition coefficient (Wildman–Crippen LogP) is 1.95. The molecule has 0 aromatic carbocycles. The molecule has 1 heterocycles. The Kier molecular flexibility index (Phi) is 8.93. The normalized spacial score (nSPS) is 23.6. The number of rotatable bonds is 5. The van der Waals surface area contributed by atoms with E-state index >= 15 is 0 Å². The van der Waals surface area contributed by atoms with Crippen LogP contribution in [-0.2, 0) is 9.84 Å². The summed E-state index contributed by atoms with van der Waals surface area (Å²) >= 11 is 0. The number of nitrogens with zero attached hydrogens (tertiary/aromatic N) is 3. The third-order valence-electron chi connectivity index (χ3n) is 5.34. The SMILES string of the molecule is CCNC(=NCCN(C)C1CCCC1)N1CCS(=O)(=O)C(C)(C)C1.I. The van der Waals surface area contributed by atoms with Crippen LogP contribution in [0, 0.1) is 0 Å². The summed E-state index contributed by atoms with van der Waals surface area (Å²) in [6, 6.07) is 0.710. The molecule has 0 unspecified atom stereocenters. The van der Waals surface area contributed by atoms with Gasteiger partial charge in [0, 0.05) is 32.2 Å². The first-order valence-corrected chi connectivity index (χ1v) is 10.9. The summed E-state index contributed by atoms with van der Waals surface area (Å²) < 4.78 is 23.7. The number of halogens is 1. The van der Waals surface area contributed by atoms with E-state index in [4.69, 9.17) is 4.99 Å². The molecule has 1 aliphatic heterocycles. The van der Waals surface area contributed by atoms with Crippen LogP contribution in [0.5, 0.6) is 0 Å². The minimum Gasteiger partial charge on any atom is -0.357 e. The maximum absolute atomic E-state index is 12.2. The third kappa shape index (κ3) is 5.95. The zero-order valence-corrected chi connectivity index (χ0v) is 19.3. The van der Waals surface area contributed by atoms with Crippen molar-refractivity contribution < 1.29 is 8.42 Å². The summed E-state index contributed by atoms with van der Waals surface area (Å²) in [4.78, 5) is 9.28. The molecule has 148 valence electrons. The number of nitrogens with one attached hydrogen (secondary N) is 1. The molecule has 0 spiro atoms. The Morgan fingerprint density at radius 2 is 1.96 bits per heavy atom. The van der Waals surface area contributed by atoms with Gasteiger partial charge in [-0.2, -0.15) is 0 Å². The van der Waals surface area contributed by atoms with Crippen molar-refractivity contribution in [3.05, 3.63) is 0 Å². The summed E-state index contributed by atoms with van der Waals surface area (Å²) in [5.74, 6) is 1.05. The summed E-state index contributed by atoms with van der Waals surface area (Å²) in [7, 11) is -0.831. The van der Waals surface area contributed by atoms with Crippen molar-refractivity contribution in [1.82, 2.24) is 15.1 Å². The summed E-state index contributed by atoms with van der Waals surface area (Å²) in [6.07, 6.45) is 5.30. The minimum atomic E-state index is -3.02. The second-order valence-electron chi connectivity index (χ2n) is 7.65. The molecule has 0 atom stereocenters.